The van der Waals surface area contributed by atoms with Crippen molar-refractivity contribution in [1.29, 1.82) is 0 Å². The van der Waals surface area contributed by atoms with Gasteiger partial charge in [-0.25, -0.2) is 0 Å². The van der Waals surface area contributed by atoms with E-state index in [0.717, 1.165) is 23.3 Å². The van der Waals surface area contributed by atoms with E-state index >= 15 is 0 Å². The van der Waals surface area contributed by atoms with E-state index in [1.165, 1.54) is 29.5 Å². The lowest BCUT2D eigenvalue weighted by Gasteiger charge is -2.21. The zero-order valence-corrected chi connectivity index (χ0v) is 16.3. The number of amides is 1. The summed E-state index contributed by atoms with van der Waals surface area (Å²) in [5, 5.41) is 3.12. The average molecular weight is 351 g/mol. The van der Waals surface area contributed by atoms with Crippen LogP contribution in [0.15, 0.2) is 36.4 Å². The maximum Gasteiger partial charge on any atom is 0.261 e. The van der Waals surface area contributed by atoms with Crippen molar-refractivity contribution >= 4 is 5.91 Å². The van der Waals surface area contributed by atoms with E-state index in [1.807, 2.05) is 39.8 Å². The third-order valence-corrected chi connectivity index (χ3v) is 5.12. The van der Waals surface area contributed by atoms with Gasteiger partial charge in [-0.3, -0.25) is 4.79 Å². The molecule has 26 heavy (non-hydrogen) atoms. The van der Waals surface area contributed by atoms with Crippen LogP contribution >= 0.6 is 0 Å². The molecule has 2 aromatic rings. The zero-order chi connectivity index (χ0) is 18.7. The van der Waals surface area contributed by atoms with Crippen LogP contribution in [0, 0.1) is 13.8 Å². The minimum absolute atomic E-state index is 0.0229. The molecular formula is C23H29NO2. The molecular weight excluding hydrogens is 322 g/mol. The highest BCUT2D eigenvalue weighted by Gasteiger charge is 2.21. The molecule has 3 nitrogen and oxygen atoms in total. The lowest BCUT2D eigenvalue weighted by Crippen LogP contribution is -2.39. The number of benzene rings is 2. The van der Waals surface area contributed by atoms with Gasteiger partial charge in [0.05, 0.1) is 6.04 Å². The van der Waals surface area contributed by atoms with Crippen molar-refractivity contribution in [2.45, 2.75) is 65.5 Å². The van der Waals surface area contributed by atoms with Crippen LogP contribution in [0.2, 0.25) is 0 Å². The maximum absolute atomic E-state index is 12.7. The predicted octanol–water partition coefficient (Wildman–Crippen LogP) is 4.83. The summed E-state index contributed by atoms with van der Waals surface area (Å²) in [4.78, 5) is 12.7. The Bertz CT molecular complexity index is 777. The summed E-state index contributed by atoms with van der Waals surface area (Å²) in [6, 6.07) is 12.6. The number of hydrogen-bond donors (Lipinski definition) is 1. The molecule has 138 valence electrons. The van der Waals surface area contributed by atoms with Crippen molar-refractivity contribution in [3.63, 3.8) is 0 Å². The Morgan fingerprint density at radius 3 is 2.46 bits per heavy atom. The van der Waals surface area contributed by atoms with Gasteiger partial charge in [-0.2, -0.15) is 0 Å². The predicted molar refractivity (Wildman–Crippen MR) is 106 cm³/mol. The van der Waals surface area contributed by atoms with E-state index in [9.17, 15) is 4.79 Å². The highest BCUT2D eigenvalue weighted by atomic mass is 16.5. The summed E-state index contributed by atoms with van der Waals surface area (Å²) in [5.41, 5.74) is 6.34. The summed E-state index contributed by atoms with van der Waals surface area (Å²) in [7, 11) is 0. The fourth-order valence-corrected chi connectivity index (χ4v) is 3.74. The van der Waals surface area contributed by atoms with Crippen LogP contribution in [0.1, 0.15) is 60.5 Å². The molecule has 2 aromatic carbocycles. The zero-order valence-electron chi connectivity index (χ0n) is 16.3. The molecule has 0 saturated heterocycles. The Morgan fingerprint density at radius 1 is 1.08 bits per heavy atom. The average Bonchev–Trinajstić information content (AvgIpc) is 3.06. The van der Waals surface area contributed by atoms with Crippen LogP contribution in [0.5, 0.6) is 5.75 Å². The topological polar surface area (TPSA) is 38.3 Å². The van der Waals surface area contributed by atoms with Gasteiger partial charge in [-0.1, -0.05) is 31.2 Å². The van der Waals surface area contributed by atoms with Crippen molar-refractivity contribution < 1.29 is 9.53 Å². The lowest BCUT2D eigenvalue weighted by molar-refractivity contribution is -0.128. The molecule has 0 bridgehead atoms. The molecule has 2 atom stereocenters. The Labute approximate surface area is 156 Å². The number of carbonyl (C=O) groups excluding carboxylic acids is 1. The minimum atomic E-state index is -0.479. The summed E-state index contributed by atoms with van der Waals surface area (Å²) < 4.78 is 5.99. The number of nitrogens with one attached hydrogen (secondary N) is 1. The highest BCUT2D eigenvalue weighted by Crippen LogP contribution is 2.25. The molecule has 0 aliphatic heterocycles. The first-order valence-electron chi connectivity index (χ1n) is 9.63. The number of aryl methyl sites for hydroxylation is 4. The van der Waals surface area contributed by atoms with Gasteiger partial charge in [-0.05, 0) is 86.4 Å². The van der Waals surface area contributed by atoms with E-state index in [4.69, 9.17) is 4.74 Å². The number of fused-ring (bicyclic) bond motifs is 1. The van der Waals surface area contributed by atoms with Crippen molar-refractivity contribution in [2.24, 2.45) is 0 Å². The monoisotopic (exact) mass is 351 g/mol. The van der Waals surface area contributed by atoms with Crippen molar-refractivity contribution in [2.75, 3.05) is 0 Å². The quantitative estimate of drug-likeness (QED) is 0.810. The SMILES string of the molecule is CC[C@@H](Oc1cc(C)cc(C)c1)C(=O)N[C@@H](C)c1ccc2c(c1)CCC2. The molecule has 1 amide bonds. The molecule has 3 heteroatoms. The Morgan fingerprint density at radius 2 is 1.77 bits per heavy atom. The van der Waals surface area contributed by atoms with E-state index in [-0.39, 0.29) is 11.9 Å². The molecule has 0 unspecified atom stereocenters. The van der Waals surface area contributed by atoms with E-state index < -0.39 is 6.10 Å². The Kier molecular flexibility index (Phi) is 5.65. The van der Waals surface area contributed by atoms with Crippen LogP contribution in [0.25, 0.3) is 0 Å². The smallest absolute Gasteiger partial charge is 0.261 e. The summed E-state index contributed by atoms with van der Waals surface area (Å²) >= 11 is 0. The summed E-state index contributed by atoms with van der Waals surface area (Å²) in [6.07, 6.45) is 3.72. The fraction of sp³-hybridized carbons (Fsp3) is 0.435. The molecule has 1 N–H and O–H groups in total. The molecule has 0 saturated carbocycles. The minimum Gasteiger partial charge on any atom is -0.481 e. The molecule has 0 spiro atoms. The van der Waals surface area contributed by atoms with Crippen LogP contribution in [-0.2, 0) is 17.6 Å². The number of ether oxygens (including phenoxy) is 1. The standard InChI is InChI=1S/C23H29NO2/c1-5-22(26-21-12-15(2)11-16(3)13-21)23(25)24-17(4)19-10-9-18-7-6-8-20(18)14-19/h9-14,17,22H,5-8H2,1-4H3,(H,24,25)/t17-,22+/m0/s1. The lowest BCUT2D eigenvalue weighted by atomic mass is 10.0. The molecule has 0 aromatic heterocycles. The van der Waals surface area contributed by atoms with Gasteiger partial charge in [0.15, 0.2) is 6.10 Å². The number of carbonyl (C=O) groups is 1. The molecule has 1 aliphatic carbocycles. The third-order valence-electron chi connectivity index (χ3n) is 5.12. The van der Waals surface area contributed by atoms with Crippen LogP contribution in [0.3, 0.4) is 0 Å². The number of hydrogen-bond acceptors (Lipinski definition) is 2. The first-order chi connectivity index (χ1) is 12.5. The third kappa shape index (κ3) is 4.27. The van der Waals surface area contributed by atoms with Gasteiger partial charge < -0.3 is 10.1 Å². The first-order valence-corrected chi connectivity index (χ1v) is 9.63. The van der Waals surface area contributed by atoms with E-state index in [0.29, 0.717) is 6.42 Å². The van der Waals surface area contributed by atoms with Gasteiger partial charge in [0.1, 0.15) is 5.75 Å². The fourth-order valence-electron chi connectivity index (χ4n) is 3.74. The highest BCUT2D eigenvalue weighted by molar-refractivity contribution is 5.81. The van der Waals surface area contributed by atoms with Crippen LogP contribution in [0.4, 0.5) is 0 Å². The number of rotatable bonds is 6. The summed E-state index contributed by atoms with van der Waals surface area (Å²) in [6.45, 7) is 8.10. The van der Waals surface area contributed by atoms with Crippen LogP contribution < -0.4 is 10.1 Å². The van der Waals surface area contributed by atoms with E-state index in [2.05, 4.69) is 29.6 Å². The maximum atomic E-state index is 12.7. The first kappa shape index (κ1) is 18.5. The van der Waals surface area contributed by atoms with Gasteiger partial charge in [-0.15, -0.1) is 0 Å². The normalized spacial score (nSPS) is 15.2. The molecule has 0 heterocycles. The van der Waals surface area contributed by atoms with Gasteiger partial charge in [0, 0.05) is 0 Å². The second-order valence-corrected chi connectivity index (χ2v) is 7.45. The van der Waals surface area contributed by atoms with Crippen LogP contribution in [-0.4, -0.2) is 12.0 Å². The molecule has 1 aliphatic rings. The van der Waals surface area contributed by atoms with Gasteiger partial charge in [0.25, 0.3) is 5.91 Å². The van der Waals surface area contributed by atoms with Crippen molar-refractivity contribution in [3.8, 4) is 5.75 Å². The molecule has 0 radical (unpaired) electrons. The van der Waals surface area contributed by atoms with Crippen molar-refractivity contribution in [3.05, 3.63) is 64.2 Å². The second kappa shape index (κ2) is 7.94. The Hall–Kier alpha value is -2.29. The largest absolute Gasteiger partial charge is 0.481 e. The molecule has 0 fully saturated rings. The second-order valence-electron chi connectivity index (χ2n) is 7.45. The Balaban J connectivity index is 1.66. The van der Waals surface area contributed by atoms with Gasteiger partial charge in [0.2, 0.25) is 0 Å². The van der Waals surface area contributed by atoms with E-state index in [1.54, 1.807) is 0 Å². The van der Waals surface area contributed by atoms with Crippen molar-refractivity contribution in [1.82, 2.24) is 5.32 Å². The van der Waals surface area contributed by atoms with Gasteiger partial charge >= 0.3 is 0 Å². The summed E-state index contributed by atoms with van der Waals surface area (Å²) in [5.74, 6) is 0.703. The molecule has 3 rings (SSSR count).